The summed E-state index contributed by atoms with van der Waals surface area (Å²) in [5.41, 5.74) is 5.41. The van der Waals surface area contributed by atoms with Gasteiger partial charge in [0, 0.05) is 6.04 Å². The summed E-state index contributed by atoms with van der Waals surface area (Å²) in [7, 11) is 0. The Hall–Kier alpha value is -0.830. The molecule has 1 aliphatic carbocycles. The van der Waals surface area contributed by atoms with Crippen LogP contribution in [-0.4, -0.2) is 17.1 Å². The Morgan fingerprint density at radius 2 is 2.33 bits per heavy atom. The molecule has 0 aromatic rings. The normalized spacial score (nSPS) is 33.0. The molecule has 0 radical (unpaired) electrons. The highest BCUT2D eigenvalue weighted by Crippen LogP contribution is 2.15. The highest BCUT2D eigenvalue weighted by Gasteiger charge is 2.21. The van der Waals surface area contributed by atoms with E-state index in [0.29, 0.717) is 6.42 Å². The molecule has 2 unspecified atom stereocenters. The molecule has 3 nitrogen and oxygen atoms in total. The van der Waals surface area contributed by atoms with Crippen LogP contribution in [0.5, 0.6) is 0 Å². The van der Waals surface area contributed by atoms with E-state index in [1.165, 1.54) is 0 Å². The summed E-state index contributed by atoms with van der Waals surface area (Å²) in [6.07, 6.45) is 3.93. The minimum absolute atomic E-state index is 0.0499. The van der Waals surface area contributed by atoms with Crippen LogP contribution in [0.1, 0.15) is 6.42 Å². The molecule has 3 N–H and O–H groups in total. The fourth-order valence-corrected chi connectivity index (χ4v) is 0.910. The SMILES string of the molecule is NC1C=CC(C(=O)O)C1. The molecule has 1 rings (SSSR count). The van der Waals surface area contributed by atoms with E-state index >= 15 is 0 Å². The summed E-state index contributed by atoms with van der Waals surface area (Å²) < 4.78 is 0. The van der Waals surface area contributed by atoms with Crippen LogP contribution in [0.25, 0.3) is 0 Å². The Balaban J connectivity index is 2.50. The Morgan fingerprint density at radius 3 is 2.56 bits per heavy atom. The minimum Gasteiger partial charge on any atom is -0.481 e. The molecular formula is C6H9NO2. The van der Waals surface area contributed by atoms with Crippen molar-refractivity contribution in [2.45, 2.75) is 12.5 Å². The van der Waals surface area contributed by atoms with Crippen molar-refractivity contribution in [3.05, 3.63) is 12.2 Å². The van der Waals surface area contributed by atoms with Gasteiger partial charge in [0.1, 0.15) is 0 Å². The van der Waals surface area contributed by atoms with Crippen molar-refractivity contribution in [1.82, 2.24) is 0 Å². The van der Waals surface area contributed by atoms with Crippen molar-refractivity contribution in [2.24, 2.45) is 11.7 Å². The molecule has 0 bridgehead atoms. The molecule has 0 heterocycles. The van der Waals surface area contributed by atoms with Gasteiger partial charge in [-0.15, -0.1) is 0 Å². The maximum Gasteiger partial charge on any atom is 0.310 e. The van der Waals surface area contributed by atoms with E-state index in [-0.39, 0.29) is 12.0 Å². The molecule has 0 saturated heterocycles. The summed E-state index contributed by atoms with van der Waals surface area (Å²) in [6, 6.07) is -0.0499. The zero-order chi connectivity index (χ0) is 6.85. The standard InChI is InChI=1S/C6H9NO2/c7-5-2-1-4(3-5)6(8)9/h1-2,4-5H,3,7H2,(H,8,9). The van der Waals surface area contributed by atoms with Gasteiger partial charge in [-0.2, -0.15) is 0 Å². The van der Waals surface area contributed by atoms with Gasteiger partial charge in [-0.25, -0.2) is 0 Å². The topological polar surface area (TPSA) is 63.3 Å². The van der Waals surface area contributed by atoms with Crippen molar-refractivity contribution in [1.29, 1.82) is 0 Å². The summed E-state index contributed by atoms with van der Waals surface area (Å²) >= 11 is 0. The monoisotopic (exact) mass is 127 g/mol. The van der Waals surface area contributed by atoms with E-state index in [1.807, 2.05) is 0 Å². The van der Waals surface area contributed by atoms with Crippen LogP contribution in [0.15, 0.2) is 12.2 Å². The summed E-state index contributed by atoms with van der Waals surface area (Å²) in [6.45, 7) is 0. The van der Waals surface area contributed by atoms with E-state index in [0.717, 1.165) is 0 Å². The quantitative estimate of drug-likeness (QED) is 0.486. The van der Waals surface area contributed by atoms with Crippen LogP contribution >= 0.6 is 0 Å². The first-order chi connectivity index (χ1) is 4.20. The number of aliphatic carboxylic acids is 1. The van der Waals surface area contributed by atoms with E-state index < -0.39 is 5.97 Å². The second kappa shape index (κ2) is 2.19. The number of hydrogen-bond donors (Lipinski definition) is 2. The first-order valence-electron chi connectivity index (χ1n) is 2.87. The van der Waals surface area contributed by atoms with Gasteiger partial charge in [0.15, 0.2) is 0 Å². The van der Waals surface area contributed by atoms with E-state index in [2.05, 4.69) is 0 Å². The van der Waals surface area contributed by atoms with Crippen LogP contribution in [0.3, 0.4) is 0 Å². The first-order valence-corrected chi connectivity index (χ1v) is 2.87. The number of rotatable bonds is 1. The van der Waals surface area contributed by atoms with Gasteiger partial charge < -0.3 is 10.8 Å². The third-order valence-electron chi connectivity index (χ3n) is 1.43. The number of carbonyl (C=O) groups is 1. The molecule has 0 amide bonds. The van der Waals surface area contributed by atoms with Crippen LogP contribution in [-0.2, 0) is 4.79 Å². The third-order valence-corrected chi connectivity index (χ3v) is 1.43. The van der Waals surface area contributed by atoms with Gasteiger partial charge >= 0.3 is 5.97 Å². The first kappa shape index (κ1) is 6.29. The maximum absolute atomic E-state index is 10.2. The lowest BCUT2D eigenvalue weighted by molar-refractivity contribution is -0.140. The van der Waals surface area contributed by atoms with Crippen molar-refractivity contribution in [3.63, 3.8) is 0 Å². The second-order valence-electron chi connectivity index (χ2n) is 2.23. The van der Waals surface area contributed by atoms with Gasteiger partial charge in [-0.05, 0) is 6.42 Å². The molecule has 0 fully saturated rings. The third kappa shape index (κ3) is 1.29. The molecule has 50 valence electrons. The molecule has 1 aliphatic rings. The lowest BCUT2D eigenvalue weighted by atomic mass is 10.1. The summed E-state index contributed by atoms with van der Waals surface area (Å²) in [4.78, 5) is 10.2. The van der Waals surface area contributed by atoms with Gasteiger partial charge in [0.2, 0.25) is 0 Å². The molecule has 0 aromatic carbocycles. The van der Waals surface area contributed by atoms with Gasteiger partial charge in [0.05, 0.1) is 5.92 Å². The Labute approximate surface area is 53.2 Å². The Bertz CT molecular complexity index is 153. The van der Waals surface area contributed by atoms with Crippen molar-refractivity contribution in [2.75, 3.05) is 0 Å². The van der Waals surface area contributed by atoms with E-state index in [1.54, 1.807) is 12.2 Å². The summed E-state index contributed by atoms with van der Waals surface area (Å²) in [5.74, 6) is -1.13. The van der Waals surface area contributed by atoms with Crippen LogP contribution < -0.4 is 5.73 Å². The lowest BCUT2D eigenvalue weighted by Gasteiger charge is -2.00. The molecule has 0 aliphatic heterocycles. The predicted octanol–water partition coefficient (Wildman–Crippen LogP) is -0.0256. The Kier molecular flexibility index (Phi) is 1.53. The van der Waals surface area contributed by atoms with Gasteiger partial charge in [0.25, 0.3) is 0 Å². The van der Waals surface area contributed by atoms with Crippen LogP contribution in [0, 0.1) is 5.92 Å². The van der Waals surface area contributed by atoms with Crippen LogP contribution in [0.4, 0.5) is 0 Å². The number of hydrogen-bond acceptors (Lipinski definition) is 2. The van der Waals surface area contributed by atoms with Crippen molar-refractivity contribution in [3.8, 4) is 0 Å². The smallest absolute Gasteiger partial charge is 0.310 e. The fourth-order valence-electron chi connectivity index (χ4n) is 0.910. The van der Waals surface area contributed by atoms with Crippen molar-refractivity contribution >= 4 is 5.97 Å². The molecular weight excluding hydrogens is 118 g/mol. The highest BCUT2D eigenvalue weighted by atomic mass is 16.4. The average molecular weight is 127 g/mol. The second-order valence-corrected chi connectivity index (χ2v) is 2.23. The number of carboxylic acid groups (broad SMARTS) is 1. The van der Waals surface area contributed by atoms with Crippen molar-refractivity contribution < 1.29 is 9.90 Å². The largest absolute Gasteiger partial charge is 0.481 e. The zero-order valence-electron chi connectivity index (χ0n) is 4.95. The van der Waals surface area contributed by atoms with Crippen LogP contribution in [0.2, 0.25) is 0 Å². The molecule has 2 atom stereocenters. The van der Waals surface area contributed by atoms with E-state index in [9.17, 15) is 4.79 Å². The predicted molar refractivity (Wildman–Crippen MR) is 32.9 cm³/mol. The minimum atomic E-state index is -0.779. The Morgan fingerprint density at radius 1 is 1.67 bits per heavy atom. The summed E-state index contributed by atoms with van der Waals surface area (Å²) in [5, 5.41) is 8.42. The van der Waals surface area contributed by atoms with Gasteiger partial charge in [-0.1, -0.05) is 12.2 Å². The number of carboxylic acids is 1. The lowest BCUT2D eigenvalue weighted by Crippen LogP contribution is -2.18. The zero-order valence-corrected chi connectivity index (χ0v) is 4.95. The molecule has 3 heteroatoms. The van der Waals surface area contributed by atoms with Gasteiger partial charge in [-0.3, -0.25) is 4.79 Å². The number of nitrogens with two attached hydrogens (primary N) is 1. The average Bonchev–Trinajstić information content (AvgIpc) is 2.14. The highest BCUT2D eigenvalue weighted by molar-refractivity contribution is 5.72. The maximum atomic E-state index is 10.2. The molecule has 0 spiro atoms. The molecule has 9 heavy (non-hydrogen) atoms. The molecule has 0 aromatic heterocycles. The molecule has 0 saturated carbocycles. The van der Waals surface area contributed by atoms with E-state index in [4.69, 9.17) is 10.8 Å². The fraction of sp³-hybridized carbons (Fsp3) is 0.500.